The average Bonchev–Trinajstić information content (AvgIpc) is 3.58. The Morgan fingerprint density at radius 1 is 0.889 bits per heavy atom. The smallest absolute Gasteiger partial charge is 0.305 e. The van der Waals surface area contributed by atoms with Gasteiger partial charge >= 0.3 is 4.87 Å². The number of hydrogen-bond donors (Lipinski definition) is 1. The van der Waals surface area contributed by atoms with Gasteiger partial charge in [0.15, 0.2) is 0 Å². The number of para-hydroxylation sites is 1. The van der Waals surface area contributed by atoms with Gasteiger partial charge in [-0.1, -0.05) is 74.6 Å². The Morgan fingerprint density at radius 2 is 1.56 bits per heavy atom. The summed E-state index contributed by atoms with van der Waals surface area (Å²) in [6.45, 7) is 6.63. The molecule has 36 heavy (non-hydrogen) atoms. The van der Waals surface area contributed by atoms with Gasteiger partial charge in [0, 0.05) is 16.0 Å². The maximum atomic E-state index is 13.8. The zero-order valence-corrected chi connectivity index (χ0v) is 22.1. The van der Waals surface area contributed by atoms with E-state index in [1.54, 1.807) is 11.8 Å². The monoisotopic (exact) mass is 516 g/mol. The van der Waals surface area contributed by atoms with Gasteiger partial charge < -0.3 is 4.98 Å². The number of nitrogens with zero attached hydrogens (tertiary/aromatic N) is 1. The molecule has 5 nitrogen and oxygen atoms in total. The van der Waals surface area contributed by atoms with Crippen LogP contribution in [0.15, 0.2) is 64.4 Å². The Labute approximate surface area is 218 Å². The Hall–Kier alpha value is -2.64. The van der Waals surface area contributed by atoms with E-state index in [4.69, 9.17) is 0 Å². The highest BCUT2D eigenvalue weighted by Gasteiger charge is 2.69. The van der Waals surface area contributed by atoms with Crippen LogP contribution in [-0.2, 0) is 15.0 Å². The summed E-state index contributed by atoms with van der Waals surface area (Å²) in [6, 6.07) is 18.2. The first-order valence-electron chi connectivity index (χ1n) is 12.7. The number of thiazole rings is 1. The summed E-state index contributed by atoms with van der Waals surface area (Å²) in [5.74, 6) is -0.0266. The summed E-state index contributed by atoms with van der Waals surface area (Å²) in [6.07, 6.45) is 0.910. The molecule has 184 valence electrons. The summed E-state index contributed by atoms with van der Waals surface area (Å²) in [4.78, 5) is 45.4. The number of nitrogens with one attached hydrogen (secondary N) is 1. The lowest BCUT2D eigenvalue weighted by atomic mass is 9.68. The third-order valence-corrected chi connectivity index (χ3v) is 11.5. The number of hydrogen-bond acceptors (Lipinski definition) is 5. The van der Waals surface area contributed by atoms with Crippen molar-refractivity contribution in [1.29, 1.82) is 0 Å². The third-order valence-electron chi connectivity index (χ3n) is 8.87. The van der Waals surface area contributed by atoms with Crippen molar-refractivity contribution in [3.05, 3.63) is 80.3 Å². The van der Waals surface area contributed by atoms with Crippen molar-refractivity contribution in [3.8, 4) is 0 Å². The SMILES string of the molecule is CC(C)(C)c1ccc([C@@H]2c3sc(=O)[nH]c3S[C@@H]3[C@H]4C[C@@H]([C@@H]5C(=O)N(c6ccccc6)C(=O)[C@H]45)[C@H]23)cc1. The Morgan fingerprint density at radius 3 is 2.22 bits per heavy atom. The highest BCUT2D eigenvalue weighted by atomic mass is 32.2. The van der Waals surface area contributed by atoms with Crippen LogP contribution in [0, 0.1) is 29.6 Å². The standard InChI is InChI=1S/C29H28N2O3S2/c1-29(2,3)15-11-9-14(10-12-15)19-20-17-13-18(23(20)35-25-24(19)36-28(34)30-25)22-21(17)26(32)31(27(22)33)16-7-5-4-6-8-16/h4-12,17-23H,13H2,1-3H3,(H,30,34)/t17-,18+,19+,20-,21+,22-,23-/m1/s1. The van der Waals surface area contributed by atoms with Crippen LogP contribution in [0.2, 0.25) is 0 Å². The van der Waals surface area contributed by atoms with Gasteiger partial charge in [-0.15, -0.1) is 11.8 Å². The molecule has 1 saturated heterocycles. The third kappa shape index (κ3) is 3.05. The average molecular weight is 517 g/mol. The number of amides is 2. The summed E-state index contributed by atoms with van der Waals surface area (Å²) in [7, 11) is 0. The molecule has 2 aliphatic heterocycles. The first kappa shape index (κ1) is 22.5. The largest absolute Gasteiger partial charge is 0.307 e. The molecule has 7 heteroatoms. The molecule has 2 aromatic carbocycles. The molecule has 7 atom stereocenters. The minimum Gasteiger partial charge on any atom is -0.307 e. The second-order valence-electron chi connectivity index (χ2n) is 11.7. The highest BCUT2D eigenvalue weighted by molar-refractivity contribution is 8.00. The van der Waals surface area contributed by atoms with E-state index in [9.17, 15) is 14.4 Å². The molecule has 7 rings (SSSR count). The van der Waals surface area contributed by atoms with Crippen LogP contribution in [-0.4, -0.2) is 22.0 Å². The number of thioether (sulfide) groups is 1. The van der Waals surface area contributed by atoms with Crippen LogP contribution < -0.4 is 9.77 Å². The molecular formula is C29H28N2O3S2. The van der Waals surface area contributed by atoms with Gasteiger partial charge in [0.2, 0.25) is 11.8 Å². The topological polar surface area (TPSA) is 70.2 Å². The van der Waals surface area contributed by atoms with E-state index in [2.05, 4.69) is 50.0 Å². The normalized spacial score (nSPS) is 32.5. The van der Waals surface area contributed by atoms with Gasteiger partial charge in [0.25, 0.3) is 0 Å². The van der Waals surface area contributed by atoms with E-state index in [-0.39, 0.29) is 62.9 Å². The maximum Gasteiger partial charge on any atom is 0.305 e. The van der Waals surface area contributed by atoms with Crippen LogP contribution >= 0.6 is 23.1 Å². The van der Waals surface area contributed by atoms with Crippen molar-refractivity contribution in [3.63, 3.8) is 0 Å². The van der Waals surface area contributed by atoms with Crippen molar-refractivity contribution in [2.45, 2.75) is 48.8 Å². The lowest BCUT2D eigenvalue weighted by molar-refractivity contribution is -0.123. The Balaban J connectivity index is 1.31. The molecule has 0 spiro atoms. The number of carbonyl (C=O) groups excluding carboxylic acids is 2. The van der Waals surface area contributed by atoms with Crippen molar-refractivity contribution >= 4 is 40.6 Å². The van der Waals surface area contributed by atoms with Crippen molar-refractivity contribution in [2.24, 2.45) is 29.6 Å². The number of fused-ring (bicyclic) bond motifs is 9. The lowest BCUT2D eigenvalue weighted by Crippen LogP contribution is -2.42. The number of carbonyl (C=O) groups is 2. The number of aromatic nitrogens is 1. The molecular weight excluding hydrogens is 488 g/mol. The fraction of sp³-hybridized carbons (Fsp3) is 0.414. The summed E-state index contributed by atoms with van der Waals surface area (Å²) in [5, 5.41) is 1.17. The van der Waals surface area contributed by atoms with E-state index in [0.29, 0.717) is 5.69 Å². The Kier molecular flexibility index (Phi) is 4.81. The zero-order chi connectivity index (χ0) is 24.9. The summed E-state index contributed by atoms with van der Waals surface area (Å²) in [5.41, 5.74) is 3.22. The van der Waals surface area contributed by atoms with Gasteiger partial charge in [0.05, 0.1) is 22.5 Å². The first-order chi connectivity index (χ1) is 17.2. The molecule has 0 radical (unpaired) electrons. The number of anilines is 1. The molecule has 3 fully saturated rings. The van der Waals surface area contributed by atoms with Crippen molar-refractivity contribution in [1.82, 2.24) is 4.98 Å². The predicted octanol–water partition coefficient (Wildman–Crippen LogP) is 5.41. The molecule has 2 bridgehead atoms. The fourth-order valence-corrected chi connectivity index (χ4v) is 10.3. The van der Waals surface area contributed by atoms with Crippen LogP contribution in [0.1, 0.15) is 49.1 Å². The molecule has 3 aromatic rings. The van der Waals surface area contributed by atoms with Gasteiger partial charge in [-0.05, 0) is 52.8 Å². The van der Waals surface area contributed by atoms with Crippen molar-refractivity contribution < 1.29 is 9.59 Å². The van der Waals surface area contributed by atoms with Crippen LogP contribution in [0.4, 0.5) is 5.69 Å². The molecule has 2 aliphatic carbocycles. The van der Waals surface area contributed by atoms with Crippen LogP contribution in [0.25, 0.3) is 0 Å². The molecule has 3 heterocycles. The quantitative estimate of drug-likeness (QED) is 0.462. The van der Waals surface area contributed by atoms with Gasteiger partial charge in [0.1, 0.15) is 0 Å². The van der Waals surface area contributed by atoms with Crippen molar-refractivity contribution in [2.75, 3.05) is 4.90 Å². The van der Waals surface area contributed by atoms with E-state index >= 15 is 0 Å². The lowest BCUT2D eigenvalue weighted by Gasteiger charge is -2.43. The summed E-state index contributed by atoms with van der Waals surface area (Å²) >= 11 is 3.05. The molecule has 4 aliphatic rings. The van der Waals surface area contributed by atoms with Gasteiger partial charge in [-0.25, -0.2) is 0 Å². The number of imide groups is 1. The van der Waals surface area contributed by atoms with Crippen LogP contribution in [0.3, 0.4) is 0 Å². The number of H-pyrrole nitrogens is 1. The fourth-order valence-electron chi connectivity index (χ4n) is 7.41. The van der Waals surface area contributed by atoms with Gasteiger partial charge in [-0.3, -0.25) is 19.3 Å². The second-order valence-corrected chi connectivity index (χ2v) is 13.9. The zero-order valence-electron chi connectivity index (χ0n) is 20.4. The molecule has 1 N–H and O–H groups in total. The Bertz CT molecular complexity index is 1440. The van der Waals surface area contributed by atoms with Crippen LogP contribution in [0.5, 0.6) is 0 Å². The molecule has 2 amide bonds. The van der Waals surface area contributed by atoms with E-state index in [1.807, 2.05) is 30.3 Å². The van der Waals surface area contributed by atoms with E-state index in [1.165, 1.54) is 27.4 Å². The predicted molar refractivity (Wildman–Crippen MR) is 143 cm³/mol. The molecule has 2 saturated carbocycles. The minimum atomic E-state index is -0.266. The summed E-state index contributed by atoms with van der Waals surface area (Å²) < 4.78 is 0. The molecule has 1 aromatic heterocycles. The molecule has 0 unspecified atom stereocenters. The minimum absolute atomic E-state index is 0.0290. The highest BCUT2D eigenvalue weighted by Crippen LogP contribution is 2.68. The number of benzene rings is 2. The van der Waals surface area contributed by atoms with Gasteiger partial charge in [-0.2, -0.15) is 0 Å². The second kappa shape index (κ2) is 7.68. The van der Waals surface area contributed by atoms with E-state index in [0.717, 1.165) is 16.3 Å². The first-order valence-corrected chi connectivity index (χ1v) is 14.4. The maximum absolute atomic E-state index is 13.8. The van der Waals surface area contributed by atoms with E-state index < -0.39 is 0 Å². The number of aromatic amines is 1. The number of rotatable bonds is 2.